The van der Waals surface area contributed by atoms with Gasteiger partial charge in [-0.05, 0) is 49.4 Å². The molecular formula is C25H19FN6O4S. The Labute approximate surface area is 212 Å². The maximum absolute atomic E-state index is 13.5. The van der Waals surface area contributed by atoms with Crippen LogP contribution in [0.4, 0.5) is 16.0 Å². The molecule has 186 valence electrons. The Balaban J connectivity index is 1.67. The van der Waals surface area contributed by atoms with Gasteiger partial charge in [0.1, 0.15) is 10.7 Å². The molecule has 10 nitrogen and oxygen atoms in total. The molecule has 0 aliphatic carbocycles. The number of aromatic nitrogens is 3. The van der Waals surface area contributed by atoms with E-state index in [1.54, 1.807) is 36.2 Å². The molecule has 0 saturated heterocycles. The molecule has 12 heteroatoms. The van der Waals surface area contributed by atoms with Crippen molar-refractivity contribution in [1.82, 2.24) is 14.0 Å². The van der Waals surface area contributed by atoms with Gasteiger partial charge in [0.05, 0.1) is 29.4 Å². The second-order valence-electron chi connectivity index (χ2n) is 7.92. The van der Waals surface area contributed by atoms with Crippen LogP contribution in [-0.2, 0) is 7.05 Å². The van der Waals surface area contributed by atoms with Gasteiger partial charge in [-0.1, -0.05) is 18.2 Å². The van der Waals surface area contributed by atoms with Gasteiger partial charge in [-0.3, -0.25) is 19.6 Å². The Kier molecular flexibility index (Phi) is 6.24. The lowest BCUT2D eigenvalue weighted by Crippen LogP contribution is -2.19. The van der Waals surface area contributed by atoms with Crippen molar-refractivity contribution in [2.75, 3.05) is 0 Å². The van der Waals surface area contributed by atoms with E-state index in [1.165, 1.54) is 51.2 Å². The third kappa shape index (κ3) is 4.57. The molecule has 0 unspecified atom stereocenters. The molecule has 0 fully saturated rings. The third-order valence-corrected chi connectivity index (χ3v) is 6.47. The summed E-state index contributed by atoms with van der Waals surface area (Å²) in [6.07, 6.45) is 1.31. The highest BCUT2D eigenvalue weighted by molar-refractivity contribution is 7.07. The fourth-order valence-corrected chi connectivity index (χ4v) is 4.55. The van der Waals surface area contributed by atoms with Gasteiger partial charge >= 0.3 is 5.88 Å². The minimum Gasteiger partial charge on any atom is -0.400 e. The highest BCUT2D eigenvalue weighted by atomic mass is 32.1. The average molecular weight is 519 g/mol. The number of hydrogen-bond donors (Lipinski definition) is 0. The van der Waals surface area contributed by atoms with Crippen LogP contribution in [0.5, 0.6) is 0 Å². The van der Waals surface area contributed by atoms with Crippen molar-refractivity contribution in [3.63, 3.8) is 0 Å². The van der Waals surface area contributed by atoms with Gasteiger partial charge in [-0.25, -0.2) is 18.7 Å². The van der Waals surface area contributed by atoms with Crippen molar-refractivity contribution >= 4 is 29.1 Å². The maximum atomic E-state index is 13.5. The molecule has 0 atom stereocenters. The molecule has 0 N–H and O–H groups in total. The zero-order chi connectivity index (χ0) is 26.1. The van der Waals surface area contributed by atoms with Gasteiger partial charge in [0.2, 0.25) is 4.80 Å². The average Bonchev–Trinajstić information content (AvgIpc) is 3.58. The fourth-order valence-electron chi connectivity index (χ4n) is 3.71. The minimum absolute atomic E-state index is 0.156. The Morgan fingerprint density at radius 2 is 1.81 bits per heavy atom. The van der Waals surface area contributed by atoms with Gasteiger partial charge in [0.15, 0.2) is 11.4 Å². The lowest BCUT2D eigenvalue weighted by Gasteiger charge is -2.07. The Hall–Kier alpha value is -4.84. The predicted octanol–water partition coefficient (Wildman–Crippen LogP) is 4.77. The lowest BCUT2D eigenvalue weighted by molar-refractivity contribution is -0.402. The van der Waals surface area contributed by atoms with E-state index in [4.69, 9.17) is 4.42 Å². The van der Waals surface area contributed by atoms with E-state index < -0.39 is 10.8 Å². The van der Waals surface area contributed by atoms with Crippen LogP contribution in [0.2, 0.25) is 0 Å². The number of rotatable bonds is 6. The zero-order valence-corrected chi connectivity index (χ0v) is 20.4. The van der Waals surface area contributed by atoms with Crippen LogP contribution < -0.4 is 10.4 Å². The van der Waals surface area contributed by atoms with E-state index in [2.05, 4.69) is 10.1 Å². The van der Waals surface area contributed by atoms with E-state index >= 15 is 0 Å². The Bertz CT molecular complexity index is 1760. The summed E-state index contributed by atoms with van der Waals surface area (Å²) >= 11 is 1.24. The second-order valence-corrected chi connectivity index (χ2v) is 8.76. The fraction of sp³-hybridized carbons (Fsp3) is 0.0800. The Morgan fingerprint density at radius 1 is 1.08 bits per heavy atom. The molecule has 2 aromatic carbocycles. The summed E-state index contributed by atoms with van der Waals surface area (Å²) in [6.45, 7) is 1.80. The van der Waals surface area contributed by atoms with Crippen molar-refractivity contribution < 1.29 is 13.7 Å². The molecular weight excluding hydrogens is 499 g/mol. The number of benzene rings is 2. The summed E-state index contributed by atoms with van der Waals surface area (Å²) in [6, 6.07) is 17.7. The molecule has 3 heterocycles. The van der Waals surface area contributed by atoms with Crippen LogP contribution in [0, 0.1) is 22.9 Å². The van der Waals surface area contributed by atoms with E-state index in [-0.39, 0.29) is 22.8 Å². The van der Waals surface area contributed by atoms with Crippen molar-refractivity contribution in [2.45, 2.75) is 6.92 Å². The molecule has 0 aliphatic heterocycles. The van der Waals surface area contributed by atoms with Crippen molar-refractivity contribution in [3.8, 4) is 16.9 Å². The summed E-state index contributed by atoms with van der Waals surface area (Å²) in [4.78, 5) is 28.7. The topological polar surface area (TPSA) is 113 Å². The molecule has 0 radical (unpaired) electrons. The van der Waals surface area contributed by atoms with E-state index in [0.717, 1.165) is 0 Å². The molecule has 5 aromatic rings. The number of para-hydroxylation sites is 1. The molecule has 0 saturated carbocycles. The van der Waals surface area contributed by atoms with E-state index in [9.17, 15) is 19.3 Å². The normalized spacial score (nSPS) is 12.0. The molecule has 3 aromatic heterocycles. The number of hydrogen-bond acceptors (Lipinski definition) is 7. The van der Waals surface area contributed by atoms with Crippen LogP contribution in [0.25, 0.3) is 16.9 Å². The second kappa shape index (κ2) is 9.66. The van der Waals surface area contributed by atoms with Crippen LogP contribution >= 0.6 is 11.3 Å². The number of thiazole rings is 1. The molecule has 0 bridgehead atoms. The monoisotopic (exact) mass is 518 g/mol. The smallest absolute Gasteiger partial charge is 0.400 e. The van der Waals surface area contributed by atoms with Crippen molar-refractivity contribution in [2.24, 2.45) is 17.1 Å². The van der Waals surface area contributed by atoms with Crippen LogP contribution in [0.15, 0.2) is 91.4 Å². The van der Waals surface area contributed by atoms with Gasteiger partial charge in [0, 0.05) is 18.0 Å². The maximum Gasteiger partial charge on any atom is 0.433 e. The van der Waals surface area contributed by atoms with Gasteiger partial charge in [-0.15, -0.1) is 11.3 Å². The zero-order valence-electron chi connectivity index (χ0n) is 19.6. The van der Waals surface area contributed by atoms with E-state index in [0.29, 0.717) is 27.4 Å². The number of nitrogens with zero attached hydrogens (tertiary/aromatic N) is 6. The third-order valence-electron chi connectivity index (χ3n) is 5.65. The number of halogens is 1. The molecule has 0 amide bonds. The Morgan fingerprint density at radius 3 is 2.49 bits per heavy atom. The first-order valence-electron chi connectivity index (χ1n) is 11.0. The SMILES string of the molecule is Cc1c(N=c2scc(-c3ccc(F)cc3)n2N=Cc2ccc([N+](=O)[O-])o2)c(=O)n(-c2ccccc2)n1C. The lowest BCUT2D eigenvalue weighted by atomic mass is 10.2. The first-order chi connectivity index (χ1) is 17.8. The summed E-state index contributed by atoms with van der Waals surface area (Å²) in [5.74, 6) is -0.645. The first-order valence-corrected chi connectivity index (χ1v) is 11.9. The number of nitro groups is 1. The molecule has 0 spiro atoms. The van der Waals surface area contributed by atoms with Gasteiger partial charge < -0.3 is 4.42 Å². The van der Waals surface area contributed by atoms with Crippen molar-refractivity contribution in [3.05, 3.63) is 115 Å². The molecule has 0 aliphatic rings. The highest BCUT2D eigenvalue weighted by Crippen LogP contribution is 2.22. The summed E-state index contributed by atoms with van der Waals surface area (Å²) in [5, 5.41) is 17.2. The molecule has 37 heavy (non-hydrogen) atoms. The first kappa shape index (κ1) is 23.9. The quantitative estimate of drug-likeness (QED) is 0.183. The van der Waals surface area contributed by atoms with Crippen LogP contribution in [-0.4, -0.2) is 25.2 Å². The van der Waals surface area contributed by atoms with Crippen molar-refractivity contribution in [1.29, 1.82) is 0 Å². The summed E-state index contributed by atoms with van der Waals surface area (Å²) < 4.78 is 23.4. The van der Waals surface area contributed by atoms with Gasteiger partial charge in [-0.2, -0.15) is 5.10 Å². The number of furan rings is 1. The minimum atomic E-state index is -0.643. The van der Waals surface area contributed by atoms with Crippen LogP contribution in [0.1, 0.15) is 11.5 Å². The van der Waals surface area contributed by atoms with E-state index in [1.807, 2.05) is 30.3 Å². The van der Waals surface area contributed by atoms with Gasteiger partial charge in [0.25, 0.3) is 5.56 Å². The summed E-state index contributed by atoms with van der Waals surface area (Å²) in [7, 11) is 1.77. The predicted molar refractivity (Wildman–Crippen MR) is 137 cm³/mol. The molecule has 5 rings (SSSR count). The highest BCUT2D eigenvalue weighted by Gasteiger charge is 2.17. The van der Waals surface area contributed by atoms with Crippen LogP contribution in [0.3, 0.4) is 0 Å². The summed E-state index contributed by atoms with van der Waals surface area (Å²) in [5.41, 5.74) is 2.51. The largest absolute Gasteiger partial charge is 0.433 e. The standard InChI is InChI=1S/C25H19FN6O4S/c1-16-23(24(33)31(29(16)2)19-6-4-3-5-7-19)28-25-30(27-14-20-12-13-22(36-20)32(34)35)21(15-37-25)17-8-10-18(26)11-9-17/h3-15H,1-2H3.